The standard InChI is InChI=1S/C23H15N2O.C19H18N.Ir/c1-15-10-12-19-18-8-5-9-20(22(18)26-23(19)25-15)21-13-11-17(14-24-21)16-6-3-2-4-7-16;1-2-7-15-14(6-1)17-16(8-3-13-20-17)19-11-4-9-18(15,19)10-5-12-19;/h2-8,10-14H,1H3;1-3,7-8,13H,4-5,9-12H2;/q2*-1;. The maximum atomic E-state index is 6.05. The first-order chi connectivity index (χ1) is 22.7. The minimum absolute atomic E-state index is 0. The first kappa shape index (κ1) is 29.9. The summed E-state index contributed by atoms with van der Waals surface area (Å²) >= 11 is 0. The second-order valence-corrected chi connectivity index (χ2v) is 13.0. The van der Waals surface area contributed by atoms with Crippen LogP contribution in [0.3, 0.4) is 0 Å². The van der Waals surface area contributed by atoms with Crippen LogP contribution in [0.4, 0.5) is 0 Å². The van der Waals surface area contributed by atoms with Crippen LogP contribution in [0.2, 0.25) is 0 Å². The Bertz CT molecular complexity index is 2170. The summed E-state index contributed by atoms with van der Waals surface area (Å²) in [4.78, 5) is 13.9. The van der Waals surface area contributed by atoms with Crippen molar-refractivity contribution in [2.24, 2.45) is 0 Å². The fourth-order valence-electron chi connectivity index (χ4n) is 8.92. The van der Waals surface area contributed by atoms with Gasteiger partial charge in [-0.1, -0.05) is 90.7 Å². The smallest absolute Gasteiger partial charge is 0.216 e. The fraction of sp³-hybridized carbons (Fsp3) is 0.214. The first-order valence-electron chi connectivity index (χ1n) is 16.4. The van der Waals surface area contributed by atoms with E-state index < -0.39 is 0 Å². The number of aromatic nitrogens is 3. The Balaban J connectivity index is 0.000000139. The summed E-state index contributed by atoms with van der Waals surface area (Å²) in [5, 5.41) is 2.05. The molecule has 3 aliphatic carbocycles. The average Bonchev–Trinajstić information content (AvgIpc) is 3.80. The van der Waals surface area contributed by atoms with E-state index in [0.717, 1.165) is 44.4 Å². The van der Waals surface area contributed by atoms with Crippen LogP contribution in [0.15, 0.2) is 114 Å². The van der Waals surface area contributed by atoms with E-state index in [4.69, 9.17) is 9.40 Å². The zero-order valence-electron chi connectivity index (χ0n) is 26.2. The normalized spacial score (nSPS) is 20.4. The molecule has 233 valence electrons. The molecule has 0 amide bonds. The maximum absolute atomic E-state index is 6.05. The molecule has 4 aromatic heterocycles. The number of rotatable bonds is 2. The number of pyridine rings is 3. The predicted molar refractivity (Wildman–Crippen MR) is 183 cm³/mol. The zero-order chi connectivity index (χ0) is 30.7. The molecule has 0 bridgehead atoms. The Morgan fingerprint density at radius 2 is 1.43 bits per heavy atom. The molecule has 10 rings (SSSR count). The van der Waals surface area contributed by atoms with Gasteiger partial charge in [-0.3, -0.25) is 0 Å². The summed E-state index contributed by atoms with van der Waals surface area (Å²) in [5.41, 5.74) is 12.6. The number of furan rings is 1. The molecule has 4 nitrogen and oxygen atoms in total. The van der Waals surface area contributed by atoms with Crippen LogP contribution < -0.4 is 0 Å². The Kier molecular flexibility index (Phi) is 7.43. The molecule has 1 radical (unpaired) electrons. The number of fused-ring (bicyclic) bond motifs is 6. The molecule has 5 heteroatoms. The topological polar surface area (TPSA) is 51.8 Å². The second kappa shape index (κ2) is 11.7. The first-order valence-corrected chi connectivity index (χ1v) is 16.4. The SMILES string of the molecule is Cc1ccc2c(n1)oc1c(-c3ccc(-c4ccccc4)cn3)[c-]ccc12.[Ir].[c-]1cccc2c1-c1ncccc1C13CCCC21CCC3. The fourth-order valence-corrected chi connectivity index (χ4v) is 8.92. The number of aryl methyl sites for hydroxylation is 1. The van der Waals surface area contributed by atoms with Gasteiger partial charge >= 0.3 is 0 Å². The van der Waals surface area contributed by atoms with Gasteiger partial charge in [-0.05, 0) is 71.3 Å². The van der Waals surface area contributed by atoms with Gasteiger partial charge in [0.1, 0.15) is 0 Å². The molecule has 0 spiro atoms. The van der Waals surface area contributed by atoms with Crippen molar-refractivity contribution in [2.75, 3.05) is 0 Å². The molecular weight excluding hydrogens is 755 g/mol. The van der Waals surface area contributed by atoms with Crippen molar-refractivity contribution < 1.29 is 24.5 Å². The Morgan fingerprint density at radius 3 is 2.21 bits per heavy atom. The van der Waals surface area contributed by atoms with Crippen molar-refractivity contribution in [1.29, 1.82) is 0 Å². The van der Waals surface area contributed by atoms with Gasteiger partial charge in [0.2, 0.25) is 5.71 Å². The van der Waals surface area contributed by atoms with Crippen molar-refractivity contribution in [3.05, 3.63) is 138 Å². The molecule has 7 aromatic rings. The van der Waals surface area contributed by atoms with Crippen LogP contribution >= 0.6 is 0 Å². The van der Waals surface area contributed by atoms with Crippen LogP contribution in [0.5, 0.6) is 0 Å². The molecule has 0 aliphatic heterocycles. The van der Waals surface area contributed by atoms with E-state index >= 15 is 0 Å². The quantitative estimate of drug-likeness (QED) is 0.164. The van der Waals surface area contributed by atoms with Crippen molar-refractivity contribution in [1.82, 2.24) is 15.0 Å². The third-order valence-corrected chi connectivity index (χ3v) is 10.8. The van der Waals surface area contributed by atoms with Gasteiger partial charge in [-0.2, -0.15) is 0 Å². The van der Waals surface area contributed by atoms with Gasteiger partial charge in [0.05, 0.1) is 5.58 Å². The number of nitrogens with zero attached hydrogens (tertiary/aromatic N) is 3. The zero-order valence-corrected chi connectivity index (χ0v) is 28.6. The van der Waals surface area contributed by atoms with Crippen LogP contribution in [-0.4, -0.2) is 15.0 Å². The second-order valence-electron chi connectivity index (χ2n) is 13.0. The Labute approximate surface area is 288 Å². The van der Waals surface area contributed by atoms with Crippen LogP contribution in [0.25, 0.3) is 55.7 Å². The monoisotopic (exact) mass is 788 g/mol. The molecule has 4 heterocycles. The molecule has 3 aliphatic rings. The van der Waals surface area contributed by atoms with Gasteiger partial charge in [-0.25, -0.2) is 4.98 Å². The van der Waals surface area contributed by atoms with Crippen molar-refractivity contribution in [3.8, 4) is 33.6 Å². The predicted octanol–water partition coefficient (Wildman–Crippen LogP) is 10.2. The summed E-state index contributed by atoms with van der Waals surface area (Å²) in [5.74, 6) is 0. The molecule has 2 saturated carbocycles. The van der Waals surface area contributed by atoms with E-state index in [0.29, 0.717) is 16.5 Å². The largest absolute Gasteiger partial charge is 0.486 e. The maximum Gasteiger partial charge on any atom is 0.216 e. The van der Waals surface area contributed by atoms with Gasteiger partial charge in [0.15, 0.2) is 0 Å². The van der Waals surface area contributed by atoms with Crippen LogP contribution in [0.1, 0.15) is 55.3 Å². The van der Waals surface area contributed by atoms with Crippen molar-refractivity contribution in [2.45, 2.75) is 56.3 Å². The third-order valence-electron chi connectivity index (χ3n) is 10.8. The van der Waals surface area contributed by atoms with E-state index in [9.17, 15) is 0 Å². The summed E-state index contributed by atoms with van der Waals surface area (Å²) in [6, 6.07) is 40.1. The van der Waals surface area contributed by atoms with E-state index in [1.54, 1.807) is 5.56 Å². The third kappa shape index (κ3) is 4.55. The van der Waals surface area contributed by atoms with Gasteiger partial charge in [0, 0.05) is 43.6 Å². The van der Waals surface area contributed by atoms with Crippen LogP contribution in [0, 0.1) is 19.1 Å². The van der Waals surface area contributed by atoms with Gasteiger partial charge in [-0.15, -0.1) is 53.6 Å². The number of benzene rings is 3. The minimum atomic E-state index is 0. The van der Waals surface area contributed by atoms with Crippen LogP contribution in [-0.2, 0) is 30.9 Å². The minimum Gasteiger partial charge on any atom is -0.486 e. The molecular formula is C42H33IrN3O-2. The van der Waals surface area contributed by atoms with Crippen molar-refractivity contribution in [3.63, 3.8) is 0 Å². The van der Waals surface area contributed by atoms with E-state index in [1.807, 2.05) is 67.8 Å². The molecule has 0 saturated heterocycles. The van der Waals surface area contributed by atoms with E-state index in [2.05, 4.69) is 70.6 Å². The summed E-state index contributed by atoms with van der Waals surface area (Å²) in [6.07, 6.45) is 12.0. The Morgan fingerprint density at radius 1 is 0.660 bits per heavy atom. The van der Waals surface area contributed by atoms with Gasteiger partial charge in [0.25, 0.3) is 0 Å². The molecule has 47 heavy (non-hydrogen) atoms. The van der Waals surface area contributed by atoms with Gasteiger partial charge < -0.3 is 14.4 Å². The summed E-state index contributed by atoms with van der Waals surface area (Å²) in [7, 11) is 0. The number of hydrogen-bond acceptors (Lipinski definition) is 4. The molecule has 3 aromatic carbocycles. The summed E-state index contributed by atoms with van der Waals surface area (Å²) in [6.45, 7) is 1.96. The molecule has 0 N–H and O–H groups in total. The van der Waals surface area contributed by atoms with E-state index in [-0.39, 0.29) is 20.1 Å². The molecule has 2 fully saturated rings. The van der Waals surface area contributed by atoms with E-state index in [1.165, 1.54) is 55.3 Å². The Hall–Kier alpha value is -4.44. The molecule has 0 atom stereocenters. The van der Waals surface area contributed by atoms with Crippen molar-refractivity contribution >= 4 is 22.1 Å². The molecule has 0 unspecified atom stereocenters. The average molecular weight is 788 g/mol. The number of hydrogen-bond donors (Lipinski definition) is 0. The summed E-state index contributed by atoms with van der Waals surface area (Å²) < 4.78 is 6.05.